The van der Waals surface area contributed by atoms with E-state index in [9.17, 15) is 8.78 Å². The minimum atomic E-state index is -2.50. The highest BCUT2D eigenvalue weighted by Crippen LogP contribution is 2.58. The van der Waals surface area contributed by atoms with Crippen molar-refractivity contribution in [2.24, 2.45) is 0 Å². The molecule has 1 nitrogen and oxygen atoms in total. The highest BCUT2D eigenvalue weighted by Gasteiger charge is 2.46. The van der Waals surface area contributed by atoms with Crippen LogP contribution in [0.1, 0.15) is 12.5 Å². The van der Waals surface area contributed by atoms with Crippen LogP contribution in [-0.4, -0.2) is 6.61 Å². The van der Waals surface area contributed by atoms with Gasteiger partial charge < -0.3 is 4.74 Å². The van der Waals surface area contributed by atoms with Gasteiger partial charge in [-0.05, 0) is 55.5 Å². The Bertz CT molecular complexity index is 1480. The van der Waals surface area contributed by atoms with E-state index in [1.807, 2.05) is 91.0 Å². The highest BCUT2D eigenvalue weighted by molar-refractivity contribution is 7.95. The fourth-order valence-corrected chi connectivity index (χ4v) is 9.19. The topological polar surface area (TPSA) is 9.23 Å². The molecular weight excluding hydrogens is 519 g/mol. The maximum absolute atomic E-state index is 15.9. The molecule has 0 unspecified atom stereocenters. The van der Waals surface area contributed by atoms with Crippen LogP contribution in [0.5, 0.6) is 5.75 Å². The van der Waals surface area contributed by atoms with E-state index in [2.05, 4.69) is 0 Å². The van der Waals surface area contributed by atoms with Gasteiger partial charge in [-0.3, -0.25) is 0 Å². The van der Waals surface area contributed by atoms with Crippen molar-refractivity contribution in [1.82, 2.24) is 0 Å². The molecule has 0 aliphatic heterocycles. The van der Waals surface area contributed by atoms with Crippen molar-refractivity contribution < 1.29 is 22.3 Å². The average Bonchev–Trinajstić information content (AvgIpc) is 2.98. The second kappa shape index (κ2) is 11.4. The van der Waals surface area contributed by atoms with Crippen LogP contribution in [0.25, 0.3) is 11.1 Å². The fraction of sp³-hybridized carbons (Fsp3) is 0.0909. The molecular formula is C33H26F4OP+. The molecule has 0 N–H and O–H groups in total. The third kappa shape index (κ3) is 4.95. The van der Waals surface area contributed by atoms with E-state index >= 15 is 8.78 Å². The van der Waals surface area contributed by atoms with E-state index in [0.717, 1.165) is 15.9 Å². The minimum absolute atomic E-state index is 0.141. The van der Waals surface area contributed by atoms with Crippen LogP contribution in [0.15, 0.2) is 115 Å². The Morgan fingerprint density at radius 3 is 1.41 bits per heavy atom. The van der Waals surface area contributed by atoms with Gasteiger partial charge in [0.05, 0.1) is 6.61 Å². The molecule has 6 heteroatoms. The van der Waals surface area contributed by atoms with Gasteiger partial charge in [-0.25, -0.2) is 13.2 Å². The third-order valence-corrected chi connectivity index (χ3v) is 11.2. The van der Waals surface area contributed by atoms with Crippen LogP contribution in [-0.2, 0) is 6.16 Å². The van der Waals surface area contributed by atoms with Crippen molar-refractivity contribution in [2.75, 3.05) is 6.61 Å². The number of ether oxygens (including phenoxy) is 1. The predicted molar refractivity (Wildman–Crippen MR) is 152 cm³/mol. The van der Waals surface area contributed by atoms with Crippen LogP contribution in [0, 0.1) is 23.3 Å². The van der Waals surface area contributed by atoms with Gasteiger partial charge in [-0.2, -0.15) is 4.39 Å². The van der Waals surface area contributed by atoms with E-state index in [-0.39, 0.29) is 35.2 Å². The molecule has 5 aromatic carbocycles. The van der Waals surface area contributed by atoms with Gasteiger partial charge in [-0.1, -0.05) is 66.7 Å². The third-order valence-electron chi connectivity index (χ3n) is 6.80. The van der Waals surface area contributed by atoms with E-state index < -0.39 is 30.5 Å². The molecule has 0 saturated heterocycles. The molecule has 0 heterocycles. The maximum atomic E-state index is 15.9. The Balaban J connectivity index is 1.67. The van der Waals surface area contributed by atoms with E-state index in [0.29, 0.717) is 0 Å². The quantitative estimate of drug-likeness (QED) is 0.143. The normalized spacial score (nSPS) is 11.4. The summed E-state index contributed by atoms with van der Waals surface area (Å²) in [6, 6.07) is 34.8. The minimum Gasteiger partial charge on any atom is -0.491 e. The zero-order valence-corrected chi connectivity index (χ0v) is 22.1. The second-order valence-electron chi connectivity index (χ2n) is 9.05. The number of hydrogen-bond donors (Lipinski definition) is 0. The predicted octanol–water partition coefficient (Wildman–Crippen LogP) is 7.80. The first kappa shape index (κ1) is 26.6. The summed E-state index contributed by atoms with van der Waals surface area (Å²) in [5.74, 6) is -5.10. The SMILES string of the molecule is CCOc1ccc(-c2ccc(C[P+](c3ccccc3)(c3ccccc3)c3ccccc3)c(F)c2F)c(F)c1F. The van der Waals surface area contributed by atoms with Crippen LogP contribution in [0.4, 0.5) is 17.6 Å². The van der Waals surface area contributed by atoms with Crippen molar-refractivity contribution in [3.8, 4) is 16.9 Å². The summed E-state index contributed by atoms with van der Waals surface area (Å²) >= 11 is 0. The van der Waals surface area contributed by atoms with Crippen LogP contribution in [0.2, 0.25) is 0 Å². The molecule has 0 fully saturated rings. The van der Waals surface area contributed by atoms with Gasteiger partial charge in [0.15, 0.2) is 23.2 Å². The molecule has 39 heavy (non-hydrogen) atoms. The van der Waals surface area contributed by atoms with Crippen molar-refractivity contribution in [3.05, 3.63) is 144 Å². The summed E-state index contributed by atoms with van der Waals surface area (Å²) in [6.07, 6.45) is 0.203. The molecule has 0 spiro atoms. The summed E-state index contributed by atoms with van der Waals surface area (Å²) in [4.78, 5) is 0. The lowest BCUT2D eigenvalue weighted by atomic mass is 10.0. The Morgan fingerprint density at radius 1 is 0.513 bits per heavy atom. The lowest BCUT2D eigenvalue weighted by Crippen LogP contribution is -2.32. The number of hydrogen-bond acceptors (Lipinski definition) is 1. The van der Waals surface area contributed by atoms with Gasteiger partial charge in [0.2, 0.25) is 5.82 Å². The largest absolute Gasteiger partial charge is 0.491 e. The monoisotopic (exact) mass is 545 g/mol. The Morgan fingerprint density at radius 2 is 0.949 bits per heavy atom. The van der Waals surface area contributed by atoms with E-state index in [4.69, 9.17) is 4.74 Å². The van der Waals surface area contributed by atoms with Crippen LogP contribution in [0.3, 0.4) is 0 Å². The summed E-state index contributed by atoms with van der Waals surface area (Å²) < 4.78 is 66.0. The molecule has 0 saturated carbocycles. The molecule has 5 rings (SSSR count). The Hall–Kier alpha value is -3.95. The summed E-state index contributed by atoms with van der Waals surface area (Å²) in [7, 11) is -2.50. The summed E-state index contributed by atoms with van der Waals surface area (Å²) in [5, 5.41) is 3.06. The fourth-order valence-electron chi connectivity index (χ4n) is 4.95. The van der Waals surface area contributed by atoms with Gasteiger partial charge in [0.1, 0.15) is 29.3 Å². The summed E-state index contributed by atoms with van der Waals surface area (Å²) in [5.41, 5.74) is -0.555. The Kier molecular flexibility index (Phi) is 7.81. The number of halogens is 4. The van der Waals surface area contributed by atoms with Gasteiger partial charge in [0.25, 0.3) is 0 Å². The molecule has 0 aliphatic carbocycles. The smallest absolute Gasteiger partial charge is 0.201 e. The summed E-state index contributed by atoms with van der Waals surface area (Å²) in [6.45, 7) is 1.78. The first-order chi connectivity index (χ1) is 19.0. The van der Waals surface area contributed by atoms with Crippen molar-refractivity contribution >= 4 is 23.2 Å². The second-order valence-corrected chi connectivity index (χ2v) is 12.5. The first-order valence-electron chi connectivity index (χ1n) is 12.6. The molecule has 196 valence electrons. The Labute approximate surface area is 226 Å². The number of rotatable bonds is 8. The van der Waals surface area contributed by atoms with Crippen molar-refractivity contribution in [3.63, 3.8) is 0 Å². The molecule has 0 amide bonds. The lowest BCUT2D eigenvalue weighted by molar-refractivity contribution is 0.314. The zero-order valence-electron chi connectivity index (χ0n) is 21.3. The van der Waals surface area contributed by atoms with E-state index in [1.165, 1.54) is 24.3 Å². The molecule has 0 bridgehead atoms. The average molecular weight is 546 g/mol. The van der Waals surface area contributed by atoms with Crippen LogP contribution >= 0.6 is 7.26 Å². The van der Waals surface area contributed by atoms with Gasteiger partial charge in [0, 0.05) is 16.7 Å². The lowest BCUT2D eigenvalue weighted by Gasteiger charge is -2.28. The molecule has 0 radical (unpaired) electrons. The van der Waals surface area contributed by atoms with Crippen molar-refractivity contribution in [2.45, 2.75) is 13.1 Å². The maximum Gasteiger partial charge on any atom is 0.201 e. The van der Waals surface area contributed by atoms with E-state index in [1.54, 1.807) is 6.92 Å². The molecule has 5 aromatic rings. The number of benzene rings is 5. The highest BCUT2D eigenvalue weighted by atomic mass is 31.2. The van der Waals surface area contributed by atoms with Gasteiger partial charge in [-0.15, -0.1) is 0 Å². The van der Waals surface area contributed by atoms with Gasteiger partial charge >= 0.3 is 0 Å². The van der Waals surface area contributed by atoms with Crippen LogP contribution < -0.4 is 20.7 Å². The first-order valence-corrected chi connectivity index (χ1v) is 14.6. The molecule has 0 aromatic heterocycles. The standard InChI is InChI=1S/C33H26F4OP/c1-2-38-29-21-20-28(32(36)33(29)37)27-19-18-23(30(34)31(27)35)22-39(24-12-6-3-7-13-24,25-14-8-4-9-15-25)26-16-10-5-11-17-26/h3-21H,2,22H2,1H3/q+1. The van der Waals surface area contributed by atoms with Crippen molar-refractivity contribution in [1.29, 1.82) is 0 Å². The molecule has 0 aliphatic rings. The molecule has 0 atom stereocenters. The zero-order chi connectivity index (χ0) is 27.4.